The van der Waals surface area contributed by atoms with Crippen molar-refractivity contribution in [2.75, 3.05) is 26.5 Å². The fourth-order valence-electron chi connectivity index (χ4n) is 3.00. The monoisotopic (exact) mass is 463 g/mol. The molecule has 1 aromatic carbocycles. The zero-order valence-corrected chi connectivity index (χ0v) is 18.0. The molecule has 2 rings (SSSR count). The van der Waals surface area contributed by atoms with E-state index in [1.165, 1.54) is 24.8 Å². The Labute approximate surface area is 167 Å². The SMILES string of the molecule is CCOc1ccccc1CCNC(=NC)NC1CCC(SC)C1.I. The second kappa shape index (κ2) is 11.8. The molecule has 2 unspecified atom stereocenters. The van der Waals surface area contributed by atoms with Crippen LogP contribution in [-0.2, 0) is 6.42 Å². The minimum atomic E-state index is 0. The first-order valence-corrected chi connectivity index (χ1v) is 9.76. The Hall–Kier alpha value is -0.630. The van der Waals surface area contributed by atoms with Gasteiger partial charge in [-0.15, -0.1) is 24.0 Å². The molecule has 0 saturated heterocycles. The summed E-state index contributed by atoms with van der Waals surface area (Å²) in [6.07, 6.45) is 6.90. The molecule has 0 amide bonds. The van der Waals surface area contributed by atoms with Gasteiger partial charge in [0.25, 0.3) is 0 Å². The number of aliphatic imine (C=N–C) groups is 1. The van der Waals surface area contributed by atoms with Crippen molar-refractivity contribution in [2.24, 2.45) is 4.99 Å². The first-order valence-electron chi connectivity index (χ1n) is 8.47. The molecule has 0 aromatic heterocycles. The maximum Gasteiger partial charge on any atom is 0.191 e. The van der Waals surface area contributed by atoms with Crippen molar-refractivity contribution in [2.45, 2.75) is 43.9 Å². The normalized spacial score (nSPS) is 20.4. The average Bonchev–Trinajstić information content (AvgIpc) is 3.03. The third kappa shape index (κ3) is 6.70. The Morgan fingerprint density at radius 2 is 2.12 bits per heavy atom. The van der Waals surface area contributed by atoms with Crippen LogP contribution in [0.25, 0.3) is 0 Å². The lowest BCUT2D eigenvalue weighted by Crippen LogP contribution is -2.43. The van der Waals surface area contributed by atoms with E-state index in [1.54, 1.807) is 0 Å². The highest BCUT2D eigenvalue weighted by Crippen LogP contribution is 2.28. The van der Waals surface area contributed by atoms with Crippen LogP contribution < -0.4 is 15.4 Å². The van der Waals surface area contributed by atoms with Crippen molar-refractivity contribution in [3.63, 3.8) is 0 Å². The number of ether oxygens (including phenoxy) is 1. The lowest BCUT2D eigenvalue weighted by molar-refractivity contribution is 0.336. The van der Waals surface area contributed by atoms with E-state index in [0.717, 1.165) is 29.9 Å². The van der Waals surface area contributed by atoms with Gasteiger partial charge in [-0.3, -0.25) is 4.99 Å². The fraction of sp³-hybridized carbons (Fsp3) is 0.611. The third-order valence-electron chi connectivity index (χ3n) is 4.24. The van der Waals surface area contributed by atoms with Crippen molar-refractivity contribution in [1.29, 1.82) is 0 Å². The molecule has 2 atom stereocenters. The molecule has 0 heterocycles. The van der Waals surface area contributed by atoms with E-state index in [4.69, 9.17) is 4.74 Å². The smallest absolute Gasteiger partial charge is 0.191 e. The quantitative estimate of drug-likeness (QED) is 0.368. The molecule has 0 aliphatic heterocycles. The Balaban J connectivity index is 0.00000288. The van der Waals surface area contributed by atoms with E-state index in [1.807, 2.05) is 37.9 Å². The fourth-order valence-corrected chi connectivity index (χ4v) is 3.79. The first-order chi connectivity index (χ1) is 11.3. The van der Waals surface area contributed by atoms with Crippen LogP contribution in [0.3, 0.4) is 0 Å². The summed E-state index contributed by atoms with van der Waals surface area (Å²) in [4.78, 5) is 4.35. The number of thioether (sulfide) groups is 1. The number of benzene rings is 1. The first kappa shape index (κ1) is 21.4. The lowest BCUT2D eigenvalue weighted by Gasteiger charge is -2.17. The Morgan fingerprint density at radius 3 is 2.79 bits per heavy atom. The highest BCUT2D eigenvalue weighted by atomic mass is 127. The van der Waals surface area contributed by atoms with Gasteiger partial charge in [-0.2, -0.15) is 11.8 Å². The molecule has 2 N–H and O–H groups in total. The molecule has 1 aromatic rings. The summed E-state index contributed by atoms with van der Waals surface area (Å²) in [5.41, 5.74) is 1.24. The van der Waals surface area contributed by atoms with E-state index < -0.39 is 0 Å². The number of nitrogens with zero attached hydrogens (tertiary/aromatic N) is 1. The standard InChI is InChI=1S/C18H29N3OS.HI/c1-4-22-17-8-6-5-7-14(17)11-12-20-18(19-2)21-15-9-10-16(13-15)23-3;/h5-8,15-16H,4,9-13H2,1-3H3,(H2,19,20,21);1H. The maximum atomic E-state index is 5.68. The minimum absolute atomic E-state index is 0. The number of halogens is 1. The van der Waals surface area contributed by atoms with Crippen LogP contribution in [0.4, 0.5) is 0 Å². The molecular weight excluding hydrogens is 433 g/mol. The van der Waals surface area contributed by atoms with Crippen molar-refractivity contribution in [1.82, 2.24) is 10.6 Å². The van der Waals surface area contributed by atoms with Crippen molar-refractivity contribution in [3.8, 4) is 5.75 Å². The Kier molecular flexibility index (Phi) is 10.6. The Morgan fingerprint density at radius 1 is 1.33 bits per heavy atom. The molecule has 1 saturated carbocycles. The van der Waals surface area contributed by atoms with Gasteiger partial charge in [0.2, 0.25) is 0 Å². The molecule has 1 fully saturated rings. The summed E-state index contributed by atoms with van der Waals surface area (Å²) in [5, 5.41) is 7.77. The summed E-state index contributed by atoms with van der Waals surface area (Å²) in [6.45, 7) is 3.57. The van der Waals surface area contributed by atoms with Gasteiger partial charge in [-0.25, -0.2) is 0 Å². The van der Waals surface area contributed by atoms with Gasteiger partial charge in [-0.05, 0) is 50.5 Å². The summed E-state index contributed by atoms with van der Waals surface area (Å²) in [6, 6.07) is 8.79. The van der Waals surface area contributed by atoms with E-state index in [9.17, 15) is 0 Å². The van der Waals surface area contributed by atoms with E-state index in [0.29, 0.717) is 12.6 Å². The highest BCUT2D eigenvalue weighted by molar-refractivity contribution is 14.0. The van der Waals surface area contributed by atoms with Gasteiger partial charge in [0, 0.05) is 24.9 Å². The summed E-state index contributed by atoms with van der Waals surface area (Å²) in [5.74, 6) is 1.89. The van der Waals surface area contributed by atoms with Crippen molar-refractivity contribution < 1.29 is 4.74 Å². The molecule has 0 spiro atoms. The molecule has 4 nitrogen and oxygen atoms in total. The van der Waals surface area contributed by atoms with Crippen LogP contribution in [0.1, 0.15) is 31.7 Å². The van der Waals surface area contributed by atoms with Crippen LogP contribution in [0, 0.1) is 0 Å². The van der Waals surface area contributed by atoms with Crippen LogP contribution in [0.5, 0.6) is 5.75 Å². The summed E-state index contributed by atoms with van der Waals surface area (Å²) >= 11 is 1.98. The zero-order valence-electron chi connectivity index (χ0n) is 14.9. The zero-order chi connectivity index (χ0) is 16.5. The molecule has 0 radical (unpaired) electrons. The van der Waals surface area contributed by atoms with Crippen LogP contribution in [0.15, 0.2) is 29.3 Å². The second-order valence-corrected chi connectivity index (χ2v) is 6.94. The molecule has 24 heavy (non-hydrogen) atoms. The topological polar surface area (TPSA) is 45.6 Å². The number of para-hydroxylation sites is 1. The largest absolute Gasteiger partial charge is 0.494 e. The van der Waals surface area contributed by atoms with Gasteiger partial charge < -0.3 is 15.4 Å². The van der Waals surface area contributed by atoms with Gasteiger partial charge in [-0.1, -0.05) is 18.2 Å². The van der Waals surface area contributed by atoms with Gasteiger partial charge in [0.15, 0.2) is 5.96 Å². The number of guanidine groups is 1. The molecule has 136 valence electrons. The molecule has 0 bridgehead atoms. The molecule has 1 aliphatic rings. The van der Waals surface area contributed by atoms with Gasteiger partial charge in [0.1, 0.15) is 5.75 Å². The van der Waals surface area contributed by atoms with E-state index in [2.05, 4.69) is 34.0 Å². The number of hydrogen-bond acceptors (Lipinski definition) is 3. The molecule has 6 heteroatoms. The van der Waals surface area contributed by atoms with Gasteiger partial charge >= 0.3 is 0 Å². The van der Waals surface area contributed by atoms with Crippen LogP contribution >= 0.6 is 35.7 Å². The van der Waals surface area contributed by atoms with Crippen LogP contribution in [-0.4, -0.2) is 43.7 Å². The van der Waals surface area contributed by atoms with Crippen molar-refractivity contribution in [3.05, 3.63) is 29.8 Å². The third-order valence-corrected chi connectivity index (χ3v) is 5.34. The highest BCUT2D eigenvalue weighted by Gasteiger charge is 2.24. The molecular formula is C18H30IN3OS. The predicted molar refractivity (Wildman–Crippen MR) is 116 cm³/mol. The van der Waals surface area contributed by atoms with Gasteiger partial charge in [0.05, 0.1) is 6.61 Å². The van der Waals surface area contributed by atoms with E-state index in [-0.39, 0.29) is 24.0 Å². The maximum absolute atomic E-state index is 5.68. The molecule has 1 aliphatic carbocycles. The number of hydrogen-bond donors (Lipinski definition) is 2. The number of nitrogens with one attached hydrogen (secondary N) is 2. The summed E-state index contributed by atoms with van der Waals surface area (Å²) < 4.78 is 5.68. The number of rotatable bonds is 7. The predicted octanol–water partition coefficient (Wildman–Crippen LogP) is 3.69. The summed E-state index contributed by atoms with van der Waals surface area (Å²) in [7, 11) is 1.84. The van der Waals surface area contributed by atoms with Crippen molar-refractivity contribution >= 4 is 41.7 Å². The average molecular weight is 463 g/mol. The van der Waals surface area contributed by atoms with Crippen LogP contribution in [0.2, 0.25) is 0 Å². The minimum Gasteiger partial charge on any atom is -0.494 e. The lowest BCUT2D eigenvalue weighted by atomic mass is 10.1. The Bertz CT molecular complexity index is 513. The van der Waals surface area contributed by atoms with E-state index >= 15 is 0 Å². The second-order valence-electron chi connectivity index (χ2n) is 5.80.